The molecule has 0 aromatic heterocycles. The Morgan fingerprint density at radius 3 is 2.62 bits per heavy atom. The van der Waals surface area contributed by atoms with Gasteiger partial charge in [-0.25, -0.2) is 4.39 Å². The van der Waals surface area contributed by atoms with E-state index in [1.807, 2.05) is 0 Å². The van der Waals surface area contributed by atoms with Gasteiger partial charge in [-0.3, -0.25) is 0 Å². The van der Waals surface area contributed by atoms with Crippen molar-refractivity contribution in [3.05, 3.63) is 27.4 Å². The van der Waals surface area contributed by atoms with Crippen LogP contribution in [0.1, 0.15) is 20.3 Å². The van der Waals surface area contributed by atoms with Crippen molar-refractivity contribution in [3.63, 3.8) is 0 Å². The number of rotatable bonds is 4. The van der Waals surface area contributed by atoms with E-state index in [-0.39, 0.29) is 5.82 Å². The lowest BCUT2D eigenvalue weighted by atomic mass is 10.1. The zero-order valence-electron chi connectivity index (χ0n) is 9.15. The molecule has 0 saturated heterocycles. The van der Waals surface area contributed by atoms with Gasteiger partial charge in [-0.1, -0.05) is 11.6 Å². The van der Waals surface area contributed by atoms with Crippen LogP contribution in [0.2, 0.25) is 5.02 Å². The molecule has 0 atom stereocenters. The maximum absolute atomic E-state index is 12.9. The summed E-state index contributed by atoms with van der Waals surface area (Å²) in [6.07, 6.45) is 0.577. The molecule has 0 amide bonds. The molecule has 1 aromatic rings. The molecule has 2 N–H and O–H groups in total. The average molecular weight is 311 g/mol. The molecule has 16 heavy (non-hydrogen) atoms. The maximum Gasteiger partial charge on any atom is 0.125 e. The molecule has 1 rings (SSSR count). The van der Waals surface area contributed by atoms with Crippen molar-refractivity contribution >= 4 is 33.2 Å². The Kier molecular flexibility index (Phi) is 4.59. The zero-order chi connectivity index (χ0) is 12.3. The molecule has 0 bridgehead atoms. The van der Waals surface area contributed by atoms with Crippen LogP contribution in [0.15, 0.2) is 16.6 Å². The minimum Gasteiger partial charge on any atom is -0.390 e. The van der Waals surface area contributed by atoms with Crippen molar-refractivity contribution in [2.24, 2.45) is 0 Å². The van der Waals surface area contributed by atoms with Crippen molar-refractivity contribution in [2.45, 2.75) is 25.9 Å². The SMILES string of the molecule is CC(C)(O)CCNc1c(Cl)cc(F)cc1Br. The number of halogens is 3. The second-order valence-electron chi connectivity index (χ2n) is 4.23. The van der Waals surface area contributed by atoms with Gasteiger partial charge in [0.25, 0.3) is 0 Å². The molecule has 0 aliphatic rings. The molecule has 5 heteroatoms. The first-order valence-electron chi connectivity index (χ1n) is 4.90. The Hall–Kier alpha value is -0.320. The summed E-state index contributed by atoms with van der Waals surface area (Å²) in [6, 6.07) is 2.59. The number of hydrogen-bond acceptors (Lipinski definition) is 2. The Balaban J connectivity index is 2.68. The minimum absolute atomic E-state index is 0.322. The van der Waals surface area contributed by atoms with Gasteiger partial charge in [0.1, 0.15) is 5.82 Å². The lowest BCUT2D eigenvalue weighted by molar-refractivity contribution is 0.0749. The lowest BCUT2D eigenvalue weighted by Gasteiger charge is -2.18. The van der Waals surface area contributed by atoms with Crippen molar-refractivity contribution in [1.29, 1.82) is 0 Å². The average Bonchev–Trinajstić information content (AvgIpc) is 2.07. The molecule has 0 saturated carbocycles. The van der Waals surface area contributed by atoms with E-state index in [9.17, 15) is 9.50 Å². The quantitative estimate of drug-likeness (QED) is 0.886. The van der Waals surface area contributed by atoms with Crippen LogP contribution < -0.4 is 5.32 Å². The smallest absolute Gasteiger partial charge is 0.125 e. The van der Waals surface area contributed by atoms with Crippen molar-refractivity contribution < 1.29 is 9.50 Å². The summed E-state index contributed by atoms with van der Waals surface area (Å²) in [5.41, 5.74) is -0.0845. The minimum atomic E-state index is -0.730. The van der Waals surface area contributed by atoms with Gasteiger partial charge in [0.05, 0.1) is 16.3 Å². The molecular formula is C11H14BrClFNO. The molecule has 0 heterocycles. The van der Waals surface area contributed by atoms with Crippen LogP contribution in [-0.2, 0) is 0 Å². The third-order valence-corrected chi connectivity index (χ3v) is 2.97. The Morgan fingerprint density at radius 1 is 1.50 bits per heavy atom. The van der Waals surface area contributed by atoms with E-state index >= 15 is 0 Å². The van der Waals surface area contributed by atoms with Crippen LogP contribution in [0.25, 0.3) is 0 Å². The van der Waals surface area contributed by atoms with E-state index in [2.05, 4.69) is 21.2 Å². The molecule has 1 aromatic carbocycles. The maximum atomic E-state index is 12.9. The summed E-state index contributed by atoms with van der Waals surface area (Å²) in [4.78, 5) is 0. The third-order valence-electron chi connectivity index (χ3n) is 2.05. The second-order valence-corrected chi connectivity index (χ2v) is 5.50. The van der Waals surface area contributed by atoms with Crippen LogP contribution in [-0.4, -0.2) is 17.3 Å². The van der Waals surface area contributed by atoms with Crippen LogP contribution in [0.4, 0.5) is 10.1 Å². The molecule has 90 valence electrons. The van der Waals surface area contributed by atoms with Gasteiger partial charge in [0.15, 0.2) is 0 Å². The molecule has 0 unspecified atom stereocenters. The number of anilines is 1. The number of benzene rings is 1. The van der Waals surface area contributed by atoms with E-state index in [1.54, 1.807) is 13.8 Å². The summed E-state index contributed by atoms with van der Waals surface area (Å²) >= 11 is 9.12. The van der Waals surface area contributed by atoms with Gasteiger partial charge in [-0.2, -0.15) is 0 Å². The van der Waals surface area contributed by atoms with Crippen LogP contribution in [0.5, 0.6) is 0 Å². The van der Waals surface area contributed by atoms with Gasteiger partial charge < -0.3 is 10.4 Å². The summed E-state index contributed by atoms with van der Waals surface area (Å²) in [5.74, 6) is -0.384. The highest BCUT2D eigenvalue weighted by Crippen LogP contribution is 2.31. The fraction of sp³-hybridized carbons (Fsp3) is 0.455. The molecule has 0 radical (unpaired) electrons. The van der Waals surface area contributed by atoms with Crippen molar-refractivity contribution in [1.82, 2.24) is 0 Å². The predicted molar refractivity (Wildman–Crippen MR) is 68.5 cm³/mol. The summed E-state index contributed by atoms with van der Waals surface area (Å²) in [5, 5.41) is 12.9. The number of nitrogens with one attached hydrogen (secondary N) is 1. The summed E-state index contributed by atoms with van der Waals surface area (Å²) < 4.78 is 13.5. The largest absolute Gasteiger partial charge is 0.390 e. The molecule has 2 nitrogen and oxygen atoms in total. The predicted octanol–water partition coefficient (Wildman–Crippen LogP) is 3.81. The fourth-order valence-corrected chi connectivity index (χ4v) is 2.16. The summed E-state index contributed by atoms with van der Waals surface area (Å²) in [6.45, 7) is 4.03. The Bertz CT molecular complexity index is 356. The van der Waals surface area contributed by atoms with Gasteiger partial charge in [0, 0.05) is 11.0 Å². The molecule has 0 aliphatic carbocycles. The molecular weight excluding hydrogens is 296 g/mol. The van der Waals surface area contributed by atoms with Crippen LogP contribution in [0.3, 0.4) is 0 Å². The second kappa shape index (κ2) is 5.34. The highest BCUT2D eigenvalue weighted by Gasteiger charge is 2.13. The molecule has 0 fully saturated rings. The van der Waals surface area contributed by atoms with E-state index in [0.29, 0.717) is 28.1 Å². The first-order valence-corrected chi connectivity index (χ1v) is 6.07. The normalized spacial score (nSPS) is 11.6. The van der Waals surface area contributed by atoms with E-state index < -0.39 is 5.60 Å². The third kappa shape index (κ3) is 4.28. The van der Waals surface area contributed by atoms with E-state index in [4.69, 9.17) is 11.6 Å². The summed E-state index contributed by atoms with van der Waals surface area (Å²) in [7, 11) is 0. The van der Waals surface area contributed by atoms with Crippen molar-refractivity contribution in [2.75, 3.05) is 11.9 Å². The monoisotopic (exact) mass is 309 g/mol. The van der Waals surface area contributed by atoms with E-state index in [0.717, 1.165) is 0 Å². The Morgan fingerprint density at radius 2 is 2.12 bits per heavy atom. The Labute approximate surface area is 108 Å². The lowest BCUT2D eigenvalue weighted by Crippen LogP contribution is -2.22. The first-order chi connectivity index (χ1) is 7.29. The molecule has 0 spiro atoms. The van der Waals surface area contributed by atoms with Crippen molar-refractivity contribution in [3.8, 4) is 0 Å². The van der Waals surface area contributed by atoms with Crippen LogP contribution >= 0.6 is 27.5 Å². The molecule has 0 aliphatic heterocycles. The van der Waals surface area contributed by atoms with Gasteiger partial charge in [-0.15, -0.1) is 0 Å². The van der Waals surface area contributed by atoms with Gasteiger partial charge >= 0.3 is 0 Å². The van der Waals surface area contributed by atoms with Crippen LogP contribution in [0, 0.1) is 5.82 Å². The highest BCUT2D eigenvalue weighted by molar-refractivity contribution is 9.10. The van der Waals surface area contributed by atoms with Gasteiger partial charge in [-0.05, 0) is 48.3 Å². The zero-order valence-corrected chi connectivity index (χ0v) is 11.5. The number of aliphatic hydroxyl groups is 1. The standard InChI is InChI=1S/C11H14BrClFNO/c1-11(2,16)3-4-15-10-8(12)5-7(14)6-9(10)13/h5-6,15-16H,3-4H2,1-2H3. The fourth-order valence-electron chi connectivity index (χ4n) is 1.20. The highest BCUT2D eigenvalue weighted by atomic mass is 79.9. The van der Waals surface area contributed by atoms with E-state index in [1.165, 1.54) is 12.1 Å². The topological polar surface area (TPSA) is 32.3 Å². The number of hydrogen-bond donors (Lipinski definition) is 2. The first kappa shape index (κ1) is 13.7. The van der Waals surface area contributed by atoms with Gasteiger partial charge in [0.2, 0.25) is 0 Å².